The molecule has 1 heterocycles. The highest BCUT2D eigenvalue weighted by Gasteiger charge is 2.22. The quantitative estimate of drug-likeness (QED) is 0.706. The molecule has 0 fully saturated rings. The van der Waals surface area contributed by atoms with Crippen LogP contribution in [-0.2, 0) is 0 Å². The number of nitrogens with one attached hydrogen (secondary N) is 2. The summed E-state index contributed by atoms with van der Waals surface area (Å²) in [6.45, 7) is 6.01. The number of rotatable bonds is 6. The van der Waals surface area contributed by atoms with Crippen LogP contribution in [0.4, 0.5) is 0 Å². The molecule has 0 bridgehead atoms. The van der Waals surface area contributed by atoms with Crippen molar-refractivity contribution < 1.29 is 9.90 Å². The van der Waals surface area contributed by atoms with Gasteiger partial charge in [-0.1, -0.05) is 13.8 Å². The molecular weight excluding hydrogens is 246 g/mol. The van der Waals surface area contributed by atoms with Crippen LogP contribution < -0.4 is 10.9 Å². The van der Waals surface area contributed by atoms with Crippen molar-refractivity contribution in [2.75, 3.05) is 6.54 Å². The Bertz CT molecular complexity index is 460. The minimum absolute atomic E-state index is 0.124. The Balaban J connectivity index is 2.49. The van der Waals surface area contributed by atoms with Gasteiger partial charge in [-0.25, -0.2) is 5.10 Å². The maximum absolute atomic E-state index is 11.7. The molecule has 1 rings (SSSR count). The summed E-state index contributed by atoms with van der Waals surface area (Å²) in [5, 5.41) is 18.5. The summed E-state index contributed by atoms with van der Waals surface area (Å²) in [7, 11) is 0. The summed E-state index contributed by atoms with van der Waals surface area (Å²) < 4.78 is 0. The molecule has 0 aliphatic heterocycles. The van der Waals surface area contributed by atoms with Crippen LogP contribution in [0.1, 0.15) is 44.1 Å². The van der Waals surface area contributed by atoms with Crippen LogP contribution in [0.25, 0.3) is 0 Å². The molecule has 0 saturated carbocycles. The van der Waals surface area contributed by atoms with Crippen LogP contribution in [0, 0.1) is 5.92 Å². The number of amides is 1. The van der Waals surface area contributed by atoms with E-state index in [2.05, 4.69) is 29.4 Å². The Morgan fingerprint density at radius 1 is 1.53 bits per heavy atom. The zero-order valence-corrected chi connectivity index (χ0v) is 11.6. The van der Waals surface area contributed by atoms with Crippen molar-refractivity contribution in [3.63, 3.8) is 0 Å². The Morgan fingerprint density at radius 2 is 2.21 bits per heavy atom. The first-order chi connectivity index (χ1) is 8.80. The predicted octanol–water partition coefficient (Wildman–Crippen LogP) is 0.687. The van der Waals surface area contributed by atoms with Gasteiger partial charge in [-0.3, -0.25) is 9.59 Å². The van der Waals surface area contributed by atoms with E-state index in [0.717, 1.165) is 6.42 Å². The van der Waals surface area contributed by atoms with Gasteiger partial charge in [0.15, 0.2) is 0 Å². The number of carbonyl (C=O) groups is 1. The van der Waals surface area contributed by atoms with Crippen LogP contribution >= 0.6 is 0 Å². The van der Waals surface area contributed by atoms with Crippen molar-refractivity contribution in [1.82, 2.24) is 15.5 Å². The van der Waals surface area contributed by atoms with Gasteiger partial charge in [-0.05, 0) is 31.7 Å². The van der Waals surface area contributed by atoms with Crippen molar-refractivity contribution in [2.24, 2.45) is 5.92 Å². The fourth-order valence-corrected chi connectivity index (χ4v) is 1.52. The second-order valence-corrected chi connectivity index (χ2v) is 5.42. The lowest BCUT2D eigenvalue weighted by Crippen LogP contribution is -2.41. The molecule has 0 radical (unpaired) electrons. The summed E-state index contributed by atoms with van der Waals surface area (Å²) in [5.74, 6) is 0.0871. The number of nitrogens with zero attached hydrogens (tertiary/aromatic N) is 1. The molecule has 106 valence electrons. The summed E-state index contributed by atoms with van der Waals surface area (Å²) in [4.78, 5) is 22.6. The van der Waals surface area contributed by atoms with Gasteiger partial charge >= 0.3 is 0 Å². The third-order valence-electron chi connectivity index (χ3n) is 2.80. The van der Waals surface area contributed by atoms with Crippen LogP contribution in [0.5, 0.6) is 0 Å². The van der Waals surface area contributed by atoms with Gasteiger partial charge in [-0.2, -0.15) is 5.10 Å². The summed E-state index contributed by atoms with van der Waals surface area (Å²) in [6, 6.07) is 2.58. The highest BCUT2D eigenvalue weighted by Crippen LogP contribution is 2.15. The van der Waals surface area contributed by atoms with Gasteiger partial charge in [0.2, 0.25) is 0 Å². The number of hydrogen-bond acceptors (Lipinski definition) is 4. The van der Waals surface area contributed by atoms with Crippen molar-refractivity contribution in [3.05, 3.63) is 28.2 Å². The minimum atomic E-state index is -0.942. The number of hydrogen-bond donors (Lipinski definition) is 3. The Kier molecular flexibility index (Phi) is 5.23. The lowest BCUT2D eigenvalue weighted by Gasteiger charge is -2.24. The number of aromatic amines is 1. The molecule has 0 spiro atoms. The largest absolute Gasteiger partial charge is 0.388 e. The summed E-state index contributed by atoms with van der Waals surface area (Å²) >= 11 is 0. The fourth-order valence-electron chi connectivity index (χ4n) is 1.52. The maximum atomic E-state index is 11.7. The molecule has 1 unspecified atom stereocenters. The number of carbonyl (C=O) groups excluding carboxylic acids is 1. The van der Waals surface area contributed by atoms with Crippen molar-refractivity contribution in [2.45, 2.75) is 39.2 Å². The molecule has 6 nitrogen and oxygen atoms in total. The monoisotopic (exact) mass is 267 g/mol. The van der Waals surface area contributed by atoms with Crippen LogP contribution in [0.2, 0.25) is 0 Å². The Morgan fingerprint density at radius 3 is 2.74 bits per heavy atom. The van der Waals surface area contributed by atoms with E-state index < -0.39 is 11.5 Å². The molecule has 1 aromatic rings. The van der Waals surface area contributed by atoms with E-state index in [1.165, 1.54) is 12.1 Å². The smallest absolute Gasteiger partial charge is 0.271 e. The summed E-state index contributed by atoms with van der Waals surface area (Å²) in [6.07, 6.45) is 1.50. The lowest BCUT2D eigenvalue weighted by molar-refractivity contribution is 0.0428. The van der Waals surface area contributed by atoms with E-state index in [-0.39, 0.29) is 17.8 Å². The van der Waals surface area contributed by atoms with E-state index in [4.69, 9.17) is 0 Å². The van der Waals surface area contributed by atoms with E-state index in [1.807, 2.05) is 0 Å². The van der Waals surface area contributed by atoms with Gasteiger partial charge < -0.3 is 10.4 Å². The SMILES string of the molecule is CC(C)CCC(C)(O)CNC(=O)c1ccc(=O)[nH]n1. The van der Waals surface area contributed by atoms with E-state index in [1.54, 1.807) is 6.92 Å². The van der Waals surface area contributed by atoms with Crippen LogP contribution in [0.15, 0.2) is 16.9 Å². The van der Waals surface area contributed by atoms with E-state index in [9.17, 15) is 14.7 Å². The number of aliphatic hydroxyl groups is 1. The first-order valence-corrected chi connectivity index (χ1v) is 6.36. The van der Waals surface area contributed by atoms with Gasteiger partial charge in [0.25, 0.3) is 11.5 Å². The molecule has 1 atom stereocenters. The van der Waals surface area contributed by atoms with Gasteiger partial charge in [0.05, 0.1) is 5.60 Å². The first-order valence-electron chi connectivity index (χ1n) is 6.36. The maximum Gasteiger partial charge on any atom is 0.271 e. The second kappa shape index (κ2) is 6.47. The zero-order valence-electron chi connectivity index (χ0n) is 11.6. The highest BCUT2D eigenvalue weighted by atomic mass is 16.3. The molecule has 6 heteroatoms. The number of aromatic nitrogens is 2. The summed E-state index contributed by atoms with van der Waals surface area (Å²) in [5.41, 5.74) is -1.18. The van der Waals surface area contributed by atoms with E-state index >= 15 is 0 Å². The molecule has 0 aliphatic rings. The predicted molar refractivity (Wildman–Crippen MR) is 71.9 cm³/mol. The normalized spacial score (nSPS) is 14.2. The highest BCUT2D eigenvalue weighted by molar-refractivity contribution is 5.91. The third-order valence-corrected chi connectivity index (χ3v) is 2.80. The average molecular weight is 267 g/mol. The molecule has 19 heavy (non-hydrogen) atoms. The van der Waals surface area contributed by atoms with Crippen molar-refractivity contribution >= 4 is 5.91 Å². The zero-order chi connectivity index (χ0) is 14.5. The molecule has 1 amide bonds. The molecule has 0 aromatic carbocycles. The topological polar surface area (TPSA) is 95.1 Å². The number of H-pyrrole nitrogens is 1. The van der Waals surface area contributed by atoms with Crippen LogP contribution in [-0.4, -0.2) is 33.4 Å². The van der Waals surface area contributed by atoms with Gasteiger partial charge in [0, 0.05) is 12.6 Å². The van der Waals surface area contributed by atoms with E-state index in [0.29, 0.717) is 12.3 Å². The molecule has 0 saturated heterocycles. The molecule has 0 aliphatic carbocycles. The van der Waals surface area contributed by atoms with Crippen molar-refractivity contribution in [1.29, 1.82) is 0 Å². The lowest BCUT2D eigenvalue weighted by atomic mass is 9.95. The second-order valence-electron chi connectivity index (χ2n) is 5.42. The molecular formula is C13H21N3O3. The average Bonchev–Trinajstić information content (AvgIpc) is 2.35. The standard InChI is InChI=1S/C13H21N3O3/c1-9(2)6-7-13(3,19)8-14-12(18)10-4-5-11(17)16-15-10/h4-5,9,19H,6-8H2,1-3H3,(H,14,18)(H,16,17). The van der Waals surface area contributed by atoms with Crippen LogP contribution in [0.3, 0.4) is 0 Å². The molecule has 1 aromatic heterocycles. The van der Waals surface area contributed by atoms with Gasteiger partial charge in [0.1, 0.15) is 5.69 Å². The molecule has 3 N–H and O–H groups in total. The van der Waals surface area contributed by atoms with Crippen molar-refractivity contribution in [3.8, 4) is 0 Å². The first kappa shape index (κ1) is 15.4. The third kappa shape index (κ3) is 5.65. The Hall–Kier alpha value is -1.69. The fraction of sp³-hybridized carbons (Fsp3) is 0.615. The van der Waals surface area contributed by atoms with Gasteiger partial charge in [-0.15, -0.1) is 0 Å². The minimum Gasteiger partial charge on any atom is -0.388 e. The Labute approximate surface area is 112 Å².